The summed E-state index contributed by atoms with van der Waals surface area (Å²) < 4.78 is 99.0. The van der Waals surface area contributed by atoms with Crippen molar-refractivity contribution in [3.8, 4) is 0 Å². The van der Waals surface area contributed by atoms with Crippen LogP contribution in [0.15, 0.2) is 146 Å². The molecule has 110 heavy (non-hydrogen) atoms. The number of benzene rings is 6. The minimum absolute atomic E-state index is 0.0663. The molecule has 6 aliphatic rings. The topological polar surface area (TPSA) is 114 Å². The Labute approximate surface area is 677 Å². The van der Waals surface area contributed by atoms with Gasteiger partial charge < -0.3 is 23.7 Å². The average Bonchev–Trinajstić information content (AvgIpc) is 1.00. The summed E-state index contributed by atoms with van der Waals surface area (Å²) in [5.41, 5.74) is 4.82. The normalized spacial score (nSPS) is 15.1. The van der Waals surface area contributed by atoms with E-state index in [0.29, 0.717) is 12.2 Å². The fourth-order valence-corrected chi connectivity index (χ4v) is 18.2. The van der Waals surface area contributed by atoms with E-state index in [1.807, 2.05) is 61.5 Å². The van der Waals surface area contributed by atoms with Gasteiger partial charge in [0.25, 0.3) is 0 Å². The molecule has 6 aromatic rings. The Hall–Kier alpha value is -5.96. The van der Waals surface area contributed by atoms with E-state index in [1.165, 1.54) is 183 Å². The highest BCUT2D eigenvalue weighted by Crippen LogP contribution is 2.30. The van der Waals surface area contributed by atoms with Crippen LogP contribution >= 0.6 is 0 Å². The Bertz CT molecular complexity index is 3060. The maximum absolute atomic E-state index is 12.6. The van der Waals surface area contributed by atoms with Gasteiger partial charge in [-0.2, -0.15) is 0 Å². The van der Waals surface area contributed by atoms with Gasteiger partial charge in [0.15, 0.2) is 17.5 Å². The van der Waals surface area contributed by atoms with E-state index in [1.54, 1.807) is 125 Å². The fraction of sp³-hybridized carbons (Fsp3) is 0.551. The van der Waals surface area contributed by atoms with Gasteiger partial charge in [-0.25, -0.2) is 26.3 Å². The van der Waals surface area contributed by atoms with E-state index in [9.17, 15) is 45.5 Å². The predicted octanol–water partition coefficient (Wildman–Crippen LogP) is 18.1. The van der Waals surface area contributed by atoms with Gasteiger partial charge in [0.05, 0.1) is 6.61 Å². The summed E-state index contributed by atoms with van der Waals surface area (Å²) in [4.78, 5) is 41.5. The van der Waals surface area contributed by atoms with Gasteiger partial charge in [-0.15, -0.1) is 0 Å². The van der Waals surface area contributed by atoms with Crippen LogP contribution in [0.2, 0.25) is 36.3 Å². The number of esters is 4. The van der Waals surface area contributed by atoms with Crippen LogP contribution in [-0.4, -0.2) is 91.9 Å². The van der Waals surface area contributed by atoms with Crippen molar-refractivity contribution in [1.82, 2.24) is 0 Å². The SMILES string of the molecule is CC(=O)OCc1cc(F)c(F)c(F)c1.CC(=O)OCc1cc(F)cc(F)c1.CC(=O)OCc1ccc(F)cc1.CC(=O)OCc1ccccc1.CCOCc1ccccc1.CCc1ccccc1.[SiH3]CC1CCCC1.[SiH3]CC1CCCC1.[SiH3]CC1CCCC1.[SiH3]CC1CCCC1.[SiH3]CC1CCCC1.[SiH3]CC1CCCC1. The smallest absolute Gasteiger partial charge is 0.302 e. The van der Waals surface area contributed by atoms with Gasteiger partial charge in [0.2, 0.25) is 0 Å². The van der Waals surface area contributed by atoms with Crippen molar-refractivity contribution in [2.75, 3.05) is 6.61 Å². The van der Waals surface area contributed by atoms with Crippen molar-refractivity contribution in [2.45, 2.75) is 271 Å². The Morgan fingerprint density at radius 3 is 0.764 bits per heavy atom. The van der Waals surface area contributed by atoms with E-state index in [4.69, 9.17) is 14.2 Å². The van der Waals surface area contributed by atoms with Crippen molar-refractivity contribution < 1.29 is 69.2 Å². The zero-order valence-corrected chi connectivity index (χ0v) is 81.4. The van der Waals surface area contributed by atoms with Crippen molar-refractivity contribution in [3.05, 3.63) is 214 Å². The predicted molar refractivity (Wildman–Crippen MR) is 465 cm³/mol. The third-order valence-electron chi connectivity index (χ3n) is 20.4. The molecule has 0 saturated heterocycles. The van der Waals surface area contributed by atoms with E-state index in [2.05, 4.69) is 52.8 Å². The van der Waals surface area contributed by atoms with Gasteiger partial charge in [0, 0.05) is 102 Å². The Morgan fingerprint density at radius 2 is 0.536 bits per heavy atom. The molecule has 0 aliphatic heterocycles. The summed E-state index contributed by atoms with van der Waals surface area (Å²) in [7, 11) is 8.59. The van der Waals surface area contributed by atoms with Crippen LogP contribution in [0, 0.1) is 70.4 Å². The Morgan fingerprint density at radius 1 is 0.300 bits per heavy atom. The number of hydrogen-bond donors (Lipinski definition) is 0. The molecule has 0 aromatic heterocycles. The first kappa shape index (κ1) is 102. The monoisotopic (exact) mass is 1630 g/mol. The molecule has 6 aliphatic carbocycles. The second-order valence-electron chi connectivity index (χ2n) is 29.2. The standard InChI is InChI=1S/C9H7F3O2.C9H8F2O2.C9H9FO2.C9H10O2.C9H12O.C8H10.6C6H14Si/c1-5(13)14-4-6-2-7(10)9(12)8(11)3-6;1-6(12)13-5-7-2-8(10)4-9(11)3-7;1-7(11)12-6-8-2-4-9(10)5-3-8;1-8(10)11-7-9-5-3-2-4-6-9;1-2-10-8-9-6-4-3-5-7-9;1-2-8-6-4-3-5-7-8;6*7-5-6-3-1-2-4-6/h2-3H,4H2,1H3;2-4H,5H2,1H3;2-5H,6H2,1H3;2-6H,7H2,1H3;3-7H,2,8H2,1H3;3-7H,2H2,1H3;6*6H,1-5H2,7H3. The van der Waals surface area contributed by atoms with Crippen LogP contribution in [0.25, 0.3) is 0 Å². The molecule has 0 spiro atoms. The summed E-state index contributed by atoms with van der Waals surface area (Å²) in [6, 6.07) is 50.0. The minimum atomic E-state index is -1.53. The molecule has 6 saturated carbocycles. The first-order valence-electron chi connectivity index (χ1n) is 41.6. The highest BCUT2D eigenvalue weighted by Gasteiger charge is 2.16. The lowest BCUT2D eigenvalue weighted by atomic mass is 10.1. The summed E-state index contributed by atoms with van der Waals surface area (Å²) in [6.07, 6.45) is 37.9. The highest BCUT2D eigenvalue weighted by molar-refractivity contribution is 6.09. The number of hydrogen-bond acceptors (Lipinski definition) is 9. The maximum Gasteiger partial charge on any atom is 0.302 e. The zero-order chi connectivity index (χ0) is 81.4. The van der Waals surface area contributed by atoms with Gasteiger partial charge >= 0.3 is 23.9 Å². The van der Waals surface area contributed by atoms with Crippen molar-refractivity contribution >= 4 is 85.3 Å². The van der Waals surface area contributed by atoms with E-state index in [0.717, 1.165) is 104 Å². The largest absolute Gasteiger partial charge is 0.461 e. The molecule has 6 aromatic carbocycles. The maximum atomic E-state index is 12.6. The number of rotatable bonds is 18. The number of halogens is 6. The van der Waals surface area contributed by atoms with Crippen molar-refractivity contribution in [3.63, 3.8) is 0 Å². The van der Waals surface area contributed by atoms with Gasteiger partial charge in [0.1, 0.15) is 43.9 Å². The van der Waals surface area contributed by atoms with Gasteiger partial charge in [-0.3, -0.25) is 19.2 Å². The lowest BCUT2D eigenvalue weighted by Gasteiger charge is -2.03. The van der Waals surface area contributed by atoms with E-state index >= 15 is 0 Å². The van der Waals surface area contributed by atoms with Gasteiger partial charge in [-0.05, 0) is 119 Å². The quantitative estimate of drug-likeness (QED) is 0.0273. The van der Waals surface area contributed by atoms with E-state index in [-0.39, 0.29) is 43.1 Å². The third-order valence-corrected chi connectivity index (χ3v) is 27.3. The molecule has 0 bridgehead atoms. The molecule has 0 radical (unpaired) electrons. The number of ether oxygens (including phenoxy) is 5. The van der Waals surface area contributed by atoms with Crippen LogP contribution in [-0.2, 0) is 82.3 Å². The number of carbonyl (C=O) groups is 4. The number of carbonyl (C=O) groups excluding carboxylic acids is 4. The summed E-state index contributed by atoms with van der Waals surface area (Å²) in [5.74, 6) is -0.454. The lowest BCUT2D eigenvalue weighted by Crippen LogP contribution is -2.01. The summed E-state index contributed by atoms with van der Waals surface area (Å²) >= 11 is 0. The van der Waals surface area contributed by atoms with E-state index < -0.39 is 41.0 Å². The van der Waals surface area contributed by atoms with Crippen LogP contribution in [0.3, 0.4) is 0 Å². The fourth-order valence-electron chi connectivity index (χ4n) is 13.3. The van der Waals surface area contributed by atoms with Crippen LogP contribution in [0.4, 0.5) is 26.3 Å². The van der Waals surface area contributed by atoms with Crippen LogP contribution < -0.4 is 0 Å². The molecule has 12 rings (SSSR count). The second-order valence-corrected chi connectivity index (χ2v) is 34.1. The zero-order valence-electron chi connectivity index (χ0n) is 69.4. The molecule has 0 N–H and O–H groups in total. The molecule has 616 valence electrons. The molecule has 0 heterocycles. The molecule has 0 atom stereocenters. The molecule has 9 nitrogen and oxygen atoms in total. The number of aryl methyl sites for hydroxylation is 1. The highest BCUT2D eigenvalue weighted by atomic mass is 28.2. The van der Waals surface area contributed by atoms with Crippen molar-refractivity contribution in [2.24, 2.45) is 35.5 Å². The second kappa shape index (κ2) is 67.5. The molecule has 6 fully saturated rings. The molecular formula is C89H140F6O9Si6. The molecule has 0 amide bonds. The molecule has 21 heteroatoms. The first-order valence-corrected chi connectivity index (χ1v) is 50.1. The van der Waals surface area contributed by atoms with Crippen LogP contribution in [0.5, 0.6) is 0 Å². The van der Waals surface area contributed by atoms with Crippen LogP contribution in [0.1, 0.15) is 229 Å². The summed E-state index contributed by atoms with van der Waals surface area (Å²) in [6.45, 7) is 11.0. The Balaban J connectivity index is 0.000000605. The Kier molecular flexibility index (Phi) is 62.7. The first-order chi connectivity index (χ1) is 53.0. The molecular weight excluding hydrogens is 1500 g/mol. The van der Waals surface area contributed by atoms with Gasteiger partial charge in [-0.1, -0.05) is 300 Å². The van der Waals surface area contributed by atoms with Crippen molar-refractivity contribution in [1.29, 1.82) is 0 Å². The minimum Gasteiger partial charge on any atom is -0.461 e. The molecule has 0 unspecified atom stereocenters. The third kappa shape index (κ3) is 56.3. The summed E-state index contributed by atoms with van der Waals surface area (Å²) in [5, 5.41) is 0. The average molecular weight is 1640 g/mol. The lowest BCUT2D eigenvalue weighted by molar-refractivity contribution is -0.143.